The van der Waals surface area contributed by atoms with Crippen LogP contribution in [0.4, 0.5) is 11.8 Å². The highest BCUT2D eigenvalue weighted by atomic mass is 32.1. The van der Waals surface area contributed by atoms with Crippen molar-refractivity contribution in [2.24, 2.45) is 5.92 Å². The van der Waals surface area contributed by atoms with Gasteiger partial charge in [0.1, 0.15) is 10.6 Å². The van der Waals surface area contributed by atoms with E-state index in [0.29, 0.717) is 0 Å². The molecular weight excluding hydrogens is 280 g/mol. The SMILES string of the molecule is CCc1cc2c(N(C)CC3CCCC3)nc(NC)nc2s1. The van der Waals surface area contributed by atoms with Gasteiger partial charge in [-0.05, 0) is 31.2 Å². The first-order valence-electron chi connectivity index (χ1n) is 7.90. The predicted octanol–water partition coefficient (Wildman–Crippen LogP) is 3.92. The molecular formula is C16H24N4S. The van der Waals surface area contributed by atoms with Crippen molar-refractivity contribution in [3.05, 3.63) is 10.9 Å². The van der Waals surface area contributed by atoms with E-state index in [1.165, 1.54) is 35.9 Å². The molecule has 1 aliphatic rings. The van der Waals surface area contributed by atoms with E-state index in [-0.39, 0.29) is 0 Å². The minimum absolute atomic E-state index is 0.722. The highest BCUT2D eigenvalue weighted by Crippen LogP contribution is 2.33. The van der Waals surface area contributed by atoms with Gasteiger partial charge in [-0.1, -0.05) is 19.8 Å². The topological polar surface area (TPSA) is 41.1 Å². The van der Waals surface area contributed by atoms with Crippen molar-refractivity contribution in [2.45, 2.75) is 39.0 Å². The number of fused-ring (bicyclic) bond motifs is 1. The molecule has 2 aromatic heterocycles. The summed E-state index contributed by atoms with van der Waals surface area (Å²) in [6.45, 7) is 3.30. The van der Waals surface area contributed by atoms with E-state index in [1.807, 2.05) is 7.05 Å². The fraction of sp³-hybridized carbons (Fsp3) is 0.625. The monoisotopic (exact) mass is 304 g/mol. The molecule has 1 N–H and O–H groups in total. The maximum atomic E-state index is 4.72. The lowest BCUT2D eigenvalue weighted by atomic mass is 10.1. The highest BCUT2D eigenvalue weighted by molar-refractivity contribution is 7.18. The standard InChI is InChI=1S/C16H24N4S/c1-4-12-9-13-14(18-16(17-2)19-15(13)21-12)20(3)10-11-7-5-6-8-11/h9,11H,4-8,10H2,1-3H3,(H,17,18,19). The molecule has 1 saturated carbocycles. The largest absolute Gasteiger partial charge is 0.359 e. The van der Waals surface area contributed by atoms with Gasteiger partial charge in [-0.15, -0.1) is 11.3 Å². The van der Waals surface area contributed by atoms with Gasteiger partial charge in [-0.25, -0.2) is 4.98 Å². The molecule has 2 heterocycles. The Morgan fingerprint density at radius 2 is 2.10 bits per heavy atom. The van der Waals surface area contributed by atoms with Crippen LogP contribution in [-0.2, 0) is 6.42 Å². The van der Waals surface area contributed by atoms with E-state index < -0.39 is 0 Å². The third-order valence-electron chi connectivity index (χ3n) is 4.36. The molecule has 0 saturated heterocycles. The van der Waals surface area contributed by atoms with Crippen LogP contribution in [0.1, 0.15) is 37.5 Å². The zero-order valence-corrected chi connectivity index (χ0v) is 14.0. The highest BCUT2D eigenvalue weighted by Gasteiger charge is 2.20. The third kappa shape index (κ3) is 2.98. The van der Waals surface area contributed by atoms with Crippen molar-refractivity contribution >= 4 is 33.3 Å². The maximum Gasteiger partial charge on any atom is 0.225 e. The lowest BCUT2D eigenvalue weighted by Gasteiger charge is -2.23. The minimum Gasteiger partial charge on any atom is -0.359 e. The second kappa shape index (κ2) is 6.18. The van der Waals surface area contributed by atoms with Crippen LogP contribution in [0.2, 0.25) is 0 Å². The summed E-state index contributed by atoms with van der Waals surface area (Å²) in [6.07, 6.45) is 6.56. The Balaban J connectivity index is 1.95. The van der Waals surface area contributed by atoms with E-state index in [4.69, 9.17) is 4.98 Å². The maximum absolute atomic E-state index is 4.72. The van der Waals surface area contributed by atoms with E-state index in [2.05, 4.69) is 35.2 Å². The number of rotatable bonds is 5. The zero-order chi connectivity index (χ0) is 14.8. The molecule has 1 fully saturated rings. The van der Waals surface area contributed by atoms with Crippen LogP contribution in [-0.4, -0.2) is 30.6 Å². The number of nitrogens with one attached hydrogen (secondary N) is 1. The number of aryl methyl sites for hydroxylation is 1. The molecule has 21 heavy (non-hydrogen) atoms. The Hall–Kier alpha value is -1.36. The quantitative estimate of drug-likeness (QED) is 0.909. The fourth-order valence-electron chi connectivity index (χ4n) is 3.20. The van der Waals surface area contributed by atoms with Gasteiger partial charge in [0.15, 0.2) is 0 Å². The Kier molecular flexibility index (Phi) is 4.29. The summed E-state index contributed by atoms with van der Waals surface area (Å²) >= 11 is 1.78. The molecule has 114 valence electrons. The van der Waals surface area contributed by atoms with Crippen molar-refractivity contribution in [3.8, 4) is 0 Å². The van der Waals surface area contributed by atoms with Crippen LogP contribution in [0.5, 0.6) is 0 Å². The number of hydrogen-bond acceptors (Lipinski definition) is 5. The van der Waals surface area contributed by atoms with Crippen LogP contribution in [0, 0.1) is 5.92 Å². The summed E-state index contributed by atoms with van der Waals surface area (Å²) in [7, 11) is 4.05. The van der Waals surface area contributed by atoms with Gasteiger partial charge in [0.2, 0.25) is 5.95 Å². The molecule has 0 amide bonds. The summed E-state index contributed by atoms with van der Waals surface area (Å²) in [5, 5.41) is 4.30. The smallest absolute Gasteiger partial charge is 0.225 e. The minimum atomic E-state index is 0.722. The van der Waals surface area contributed by atoms with Crippen molar-refractivity contribution in [1.29, 1.82) is 0 Å². The molecule has 0 spiro atoms. The molecule has 0 atom stereocenters. The van der Waals surface area contributed by atoms with Crippen molar-refractivity contribution in [3.63, 3.8) is 0 Å². The normalized spacial score (nSPS) is 15.8. The van der Waals surface area contributed by atoms with E-state index in [1.54, 1.807) is 11.3 Å². The summed E-state index contributed by atoms with van der Waals surface area (Å²) in [4.78, 5) is 14.1. The second-order valence-electron chi connectivity index (χ2n) is 5.94. The van der Waals surface area contributed by atoms with Crippen LogP contribution >= 0.6 is 11.3 Å². The number of nitrogens with zero attached hydrogens (tertiary/aromatic N) is 3. The van der Waals surface area contributed by atoms with E-state index in [0.717, 1.165) is 35.5 Å². The first kappa shape index (κ1) is 14.6. The molecule has 0 bridgehead atoms. The fourth-order valence-corrected chi connectivity index (χ4v) is 4.16. The molecule has 3 rings (SSSR count). The predicted molar refractivity (Wildman–Crippen MR) is 91.6 cm³/mol. The third-order valence-corrected chi connectivity index (χ3v) is 5.54. The Morgan fingerprint density at radius 3 is 2.76 bits per heavy atom. The van der Waals surface area contributed by atoms with Gasteiger partial charge in [-0.2, -0.15) is 4.98 Å². The number of anilines is 2. The van der Waals surface area contributed by atoms with Gasteiger partial charge in [0.25, 0.3) is 0 Å². The lowest BCUT2D eigenvalue weighted by Crippen LogP contribution is -2.25. The van der Waals surface area contributed by atoms with Crippen molar-refractivity contribution < 1.29 is 0 Å². The summed E-state index contributed by atoms with van der Waals surface area (Å²) in [5.74, 6) is 2.62. The zero-order valence-electron chi connectivity index (χ0n) is 13.1. The molecule has 4 nitrogen and oxygen atoms in total. The first-order valence-corrected chi connectivity index (χ1v) is 8.72. The van der Waals surface area contributed by atoms with Crippen LogP contribution in [0.3, 0.4) is 0 Å². The molecule has 1 aliphatic carbocycles. The molecule has 5 heteroatoms. The molecule has 0 unspecified atom stereocenters. The summed E-state index contributed by atoms with van der Waals surface area (Å²) < 4.78 is 0. The first-order chi connectivity index (χ1) is 10.2. The van der Waals surface area contributed by atoms with E-state index >= 15 is 0 Å². The van der Waals surface area contributed by atoms with Crippen LogP contribution in [0.15, 0.2) is 6.07 Å². The molecule has 0 aliphatic heterocycles. The molecule has 2 aromatic rings. The Labute approximate surface area is 130 Å². The second-order valence-corrected chi connectivity index (χ2v) is 7.05. The van der Waals surface area contributed by atoms with Gasteiger partial charge >= 0.3 is 0 Å². The van der Waals surface area contributed by atoms with Gasteiger partial charge < -0.3 is 10.2 Å². The lowest BCUT2D eigenvalue weighted by molar-refractivity contribution is 0.545. The number of hydrogen-bond donors (Lipinski definition) is 1. The molecule has 0 radical (unpaired) electrons. The van der Waals surface area contributed by atoms with Crippen molar-refractivity contribution in [2.75, 3.05) is 30.9 Å². The van der Waals surface area contributed by atoms with Gasteiger partial charge in [0, 0.05) is 25.5 Å². The Bertz CT molecular complexity index is 616. The number of aromatic nitrogens is 2. The van der Waals surface area contributed by atoms with Gasteiger partial charge in [-0.3, -0.25) is 0 Å². The van der Waals surface area contributed by atoms with Crippen molar-refractivity contribution in [1.82, 2.24) is 9.97 Å². The average molecular weight is 304 g/mol. The summed E-state index contributed by atoms with van der Waals surface area (Å²) in [6, 6.07) is 2.26. The van der Waals surface area contributed by atoms with Crippen LogP contribution < -0.4 is 10.2 Å². The number of thiophene rings is 1. The Morgan fingerprint density at radius 1 is 1.33 bits per heavy atom. The summed E-state index contributed by atoms with van der Waals surface area (Å²) in [5.41, 5.74) is 0. The average Bonchev–Trinajstić information content (AvgIpc) is 3.14. The molecule has 0 aromatic carbocycles. The van der Waals surface area contributed by atoms with Gasteiger partial charge in [0.05, 0.1) is 5.39 Å². The van der Waals surface area contributed by atoms with Crippen LogP contribution in [0.25, 0.3) is 10.2 Å². The van der Waals surface area contributed by atoms with E-state index in [9.17, 15) is 0 Å².